The molecule has 0 spiro atoms. The molecule has 0 aliphatic rings. The summed E-state index contributed by atoms with van der Waals surface area (Å²) in [6.45, 7) is 3.65. The lowest BCUT2D eigenvalue weighted by atomic mass is 9.97. The fourth-order valence-electron chi connectivity index (χ4n) is 4.45. The van der Waals surface area contributed by atoms with Gasteiger partial charge in [-0.2, -0.15) is 8.78 Å². The van der Waals surface area contributed by atoms with Gasteiger partial charge in [-0.05, 0) is 70.3 Å². The number of alkyl halides is 2. The van der Waals surface area contributed by atoms with E-state index in [4.69, 9.17) is 0 Å². The molecule has 5 rings (SSSR count). The number of ether oxygens (including phenoxy) is 1. The number of hydrogen-bond donors (Lipinski definition) is 0. The zero-order valence-electron chi connectivity index (χ0n) is 21.7. The molecule has 10 heteroatoms. The summed E-state index contributed by atoms with van der Waals surface area (Å²) in [7, 11) is 0. The molecule has 0 unspecified atom stereocenters. The highest BCUT2D eigenvalue weighted by atomic mass is 19.3. The van der Waals surface area contributed by atoms with E-state index in [1.165, 1.54) is 12.1 Å². The number of hydrogen-bond acceptors (Lipinski definition) is 1. The first-order chi connectivity index (χ1) is 20.4. The van der Waals surface area contributed by atoms with Crippen LogP contribution in [0.5, 0.6) is 5.75 Å². The minimum absolute atomic E-state index is 0.258. The Morgan fingerprint density at radius 2 is 0.977 bits per heavy atom. The Morgan fingerprint density at radius 3 is 1.49 bits per heavy atom. The summed E-state index contributed by atoms with van der Waals surface area (Å²) in [5.74, 6) is -11.6. The van der Waals surface area contributed by atoms with Crippen LogP contribution in [0.1, 0.15) is 11.1 Å². The van der Waals surface area contributed by atoms with E-state index in [-0.39, 0.29) is 11.1 Å². The summed E-state index contributed by atoms with van der Waals surface area (Å²) in [5.41, 5.74) is -1.41. The lowest BCUT2D eigenvalue weighted by molar-refractivity contribution is -0.189. The molecule has 5 aromatic carbocycles. The van der Waals surface area contributed by atoms with Crippen LogP contribution in [0, 0.1) is 40.7 Å². The van der Waals surface area contributed by atoms with Crippen molar-refractivity contribution >= 4 is 6.08 Å². The summed E-state index contributed by atoms with van der Waals surface area (Å²) < 4.78 is 134. The lowest BCUT2D eigenvalue weighted by Gasteiger charge is -2.20. The molecule has 1 nitrogen and oxygen atoms in total. The van der Waals surface area contributed by atoms with Gasteiger partial charge in [-0.15, -0.1) is 0 Å². The maximum Gasteiger partial charge on any atom is 0.432 e. The van der Waals surface area contributed by atoms with E-state index in [1.54, 1.807) is 30.3 Å². The highest BCUT2D eigenvalue weighted by molar-refractivity contribution is 5.72. The fourth-order valence-corrected chi connectivity index (χ4v) is 4.45. The Labute approximate surface area is 239 Å². The second-order valence-corrected chi connectivity index (χ2v) is 9.35. The number of rotatable bonds is 7. The molecule has 0 saturated carbocycles. The van der Waals surface area contributed by atoms with E-state index in [2.05, 4.69) is 11.3 Å². The largest absolute Gasteiger partial charge is 0.432 e. The van der Waals surface area contributed by atoms with Crippen molar-refractivity contribution in [2.45, 2.75) is 6.11 Å². The number of halogens is 9. The van der Waals surface area contributed by atoms with Crippen molar-refractivity contribution < 1.29 is 44.3 Å². The van der Waals surface area contributed by atoms with Gasteiger partial charge >= 0.3 is 6.11 Å². The van der Waals surface area contributed by atoms with Crippen LogP contribution in [-0.4, -0.2) is 0 Å². The van der Waals surface area contributed by atoms with Crippen LogP contribution in [-0.2, 0) is 6.11 Å². The smallest absolute Gasteiger partial charge is 0.429 e. The first-order valence-corrected chi connectivity index (χ1v) is 12.4. The van der Waals surface area contributed by atoms with E-state index in [1.807, 2.05) is 0 Å². The van der Waals surface area contributed by atoms with Crippen LogP contribution in [0.15, 0.2) is 91.5 Å². The first-order valence-electron chi connectivity index (χ1n) is 12.4. The molecule has 5 aromatic rings. The van der Waals surface area contributed by atoms with Gasteiger partial charge < -0.3 is 4.74 Å². The molecule has 0 bridgehead atoms. The molecule has 43 heavy (non-hydrogen) atoms. The van der Waals surface area contributed by atoms with E-state index >= 15 is 0 Å². The highest BCUT2D eigenvalue weighted by Crippen LogP contribution is 2.39. The standard InChI is InChI=1S/C33H17F9O/c1-2-17-3-5-18(6-4-17)19-7-9-23(25(34)11-19)20-12-27(36)31(28(37)13-20)33(41,42)43-22-8-10-24(26(35)16-22)21-14-29(38)32(40)30(39)15-21/h2-16H,1H2. The summed E-state index contributed by atoms with van der Waals surface area (Å²) in [5, 5.41) is 0. The average molecular weight is 600 g/mol. The van der Waals surface area contributed by atoms with Crippen LogP contribution < -0.4 is 4.74 Å². The molecule has 0 aromatic heterocycles. The van der Waals surface area contributed by atoms with Crippen LogP contribution in [0.25, 0.3) is 39.5 Å². The zero-order chi connectivity index (χ0) is 31.1. The predicted octanol–water partition coefficient (Wildman–Crippen LogP) is 10.4. The second-order valence-electron chi connectivity index (χ2n) is 9.35. The minimum atomic E-state index is -4.67. The predicted molar refractivity (Wildman–Crippen MR) is 144 cm³/mol. The van der Waals surface area contributed by atoms with E-state index in [9.17, 15) is 39.5 Å². The third-order valence-corrected chi connectivity index (χ3v) is 6.57. The van der Waals surface area contributed by atoms with Gasteiger partial charge in [0.25, 0.3) is 0 Å². The summed E-state index contributed by atoms with van der Waals surface area (Å²) >= 11 is 0. The molecule has 0 aliphatic heterocycles. The monoisotopic (exact) mass is 600 g/mol. The molecule has 218 valence electrons. The maximum atomic E-state index is 15.0. The topological polar surface area (TPSA) is 9.23 Å². The molecule has 0 fully saturated rings. The Balaban J connectivity index is 1.41. The van der Waals surface area contributed by atoms with Gasteiger partial charge in [0.15, 0.2) is 17.5 Å². The van der Waals surface area contributed by atoms with Crippen molar-refractivity contribution in [1.29, 1.82) is 0 Å². The van der Waals surface area contributed by atoms with Gasteiger partial charge in [-0.3, -0.25) is 0 Å². The molecular weight excluding hydrogens is 583 g/mol. The van der Waals surface area contributed by atoms with E-state index in [0.29, 0.717) is 41.5 Å². The summed E-state index contributed by atoms with van der Waals surface area (Å²) in [6.07, 6.45) is -3.04. The molecule has 0 saturated heterocycles. The van der Waals surface area contributed by atoms with Crippen molar-refractivity contribution in [3.05, 3.63) is 143 Å². The quantitative estimate of drug-likeness (QED) is 0.133. The van der Waals surface area contributed by atoms with Crippen molar-refractivity contribution in [2.24, 2.45) is 0 Å². The van der Waals surface area contributed by atoms with Gasteiger partial charge in [0.05, 0.1) is 0 Å². The van der Waals surface area contributed by atoms with Gasteiger partial charge in [0, 0.05) is 17.2 Å². The molecule has 0 aliphatic carbocycles. The molecule has 0 heterocycles. The Morgan fingerprint density at radius 1 is 0.512 bits per heavy atom. The van der Waals surface area contributed by atoms with E-state index in [0.717, 1.165) is 23.8 Å². The molecule has 0 radical (unpaired) electrons. The maximum absolute atomic E-state index is 15.0. The zero-order valence-corrected chi connectivity index (χ0v) is 21.7. The van der Waals surface area contributed by atoms with Gasteiger partial charge in [0.1, 0.15) is 34.6 Å². The van der Waals surface area contributed by atoms with Crippen molar-refractivity contribution in [3.63, 3.8) is 0 Å². The molecular formula is C33H17F9O. The first kappa shape index (κ1) is 29.5. The fraction of sp³-hybridized carbons (Fsp3) is 0.0303. The highest BCUT2D eigenvalue weighted by Gasteiger charge is 2.41. The third-order valence-electron chi connectivity index (χ3n) is 6.57. The van der Waals surface area contributed by atoms with Crippen LogP contribution >= 0.6 is 0 Å². The van der Waals surface area contributed by atoms with Crippen LogP contribution in [0.4, 0.5) is 39.5 Å². The van der Waals surface area contributed by atoms with E-state index < -0.39 is 69.3 Å². The molecule has 0 amide bonds. The van der Waals surface area contributed by atoms with Crippen molar-refractivity contribution in [3.8, 4) is 39.1 Å². The SMILES string of the molecule is C=Cc1ccc(-c2ccc(-c3cc(F)c(C(F)(F)Oc4ccc(-c5cc(F)c(F)c(F)c5)c(F)c4)c(F)c3)c(F)c2)cc1. The second kappa shape index (κ2) is 11.4. The average Bonchev–Trinajstić information content (AvgIpc) is 2.95. The van der Waals surface area contributed by atoms with Crippen LogP contribution in [0.2, 0.25) is 0 Å². The van der Waals surface area contributed by atoms with Gasteiger partial charge in [0.2, 0.25) is 0 Å². The van der Waals surface area contributed by atoms with Crippen LogP contribution in [0.3, 0.4) is 0 Å². The van der Waals surface area contributed by atoms with Crippen molar-refractivity contribution in [2.75, 3.05) is 0 Å². The number of benzene rings is 5. The Hall–Kier alpha value is -4.99. The van der Waals surface area contributed by atoms with Gasteiger partial charge in [-0.25, -0.2) is 30.7 Å². The Kier molecular flexibility index (Phi) is 7.79. The summed E-state index contributed by atoms with van der Waals surface area (Å²) in [6, 6.07) is 14.8. The molecule has 0 N–H and O–H groups in total. The minimum Gasteiger partial charge on any atom is -0.429 e. The molecule has 0 atom stereocenters. The third kappa shape index (κ3) is 5.86. The Bertz CT molecular complexity index is 1820. The summed E-state index contributed by atoms with van der Waals surface area (Å²) in [4.78, 5) is 0. The van der Waals surface area contributed by atoms with Crippen molar-refractivity contribution in [1.82, 2.24) is 0 Å². The normalized spacial score (nSPS) is 11.5. The van der Waals surface area contributed by atoms with Gasteiger partial charge in [-0.1, -0.05) is 49.1 Å². The lowest BCUT2D eigenvalue weighted by Crippen LogP contribution is -2.25.